The SMILES string of the molecule is CCN(CC)C(CNC(=O)C(S)C(C)C)c1ccccc1. The maximum Gasteiger partial charge on any atom is 0.233 e. The van der Waals surface area contributed by atoms with Crippen LogP contribution in [0.5, 0.6) is 0 Å². The number of hydrogen-bond donors (Lipinski definition) is 2. The first-order valence-corrected chi connectivity index (χ1v) is 8.27. The van der Waals surface area contributed by atoms with Crippen molar-refractivity contribution in [3.8, 4) is 0 Å². The standard InChI is InChI=1S/C17H28N2OS/c1-5-19(6-2)15(14-10-8-7-9-11-14)12-18-17(20)16(21)13(3)4/h7-11,13,15-16,21H,5-6,12H2,1-4H3,(H,18,20). The summed E-state index contributed by atoms with van der Waals surface area (Å²) in [6, 6.07) is 10.6. The van der Waals surface area contributed by atoms with E-state index in [1.54, 1.807) is 0 Å². The normalized spacial score (nSPS) is 14.2. The number of amides is 1. The Hall–Kier alpha value is -1.00. The Morgan fingerprint density at radius 1 is 1.19 bits per heavy atom. The molecule has 0 bridgehead atoms. The van der Waals surface area contributed by atoms with Crippen LogP contribution in [-0.4, -0.2) is 35.7 Å². The first kappa shape index (κ1) is 18.1. The van der Waals surface area contributed by atoms with Crippen LogP contribution in [0, 0.1) is 5.92 Å². The van der Waals surface area contributed by atoms with Crippen LogP contribution >= 0.6 is 12.6 Å². The van der Waals surface area contributed by atoms with Gasteiger partial charge in [-0.1, -0.05) is 58.0 Å². The number of carbonyl (C=O) groups excluding carboxylic acids is 1. The molecule has 0 aliphatic carbocycles. The molecule has 0 heterocycles. The zero-order chi connectivity index (χ0) is 15.8. The van der Waals surface area contributed by atoms with Gasteiger partial charge in [0.15, 0.2) is 0 Å². The van der Waals surface area contributed by atoms with Gasteiger partial charge >= 0.3 is 0 Å². The van der Waals surface area contributed by atoms with Gasteiger partial charge in [-0.2, -0.15) is 12.6 Å². The molecule has 0 radical (unpaired) electrons. The number of carbonyl (C=O) groups is 1. The second-order valence-corrected chi connectivity index (χ2v) is 6.14. The summed E-state index contributed by atoms with van der Waals surface area (Å²) in [5.74, 6) is 0.249. The molecular formula is C17H28N2OS. The Labute approximate surface area is 134 Å². The van der Waals surface area contributed by atoms with Crippen LogP contribution in [0.1, 0.15) is 39.3 Å². The molecule has 1 N–H and O–H groups in total. The fourth-order valence-electron chi connectivity index (χ4n) is 2.40. The molecule has 0 spiro atoms. The Morgan fingerprint density at radius 3 is 2.24 bits per heavy atom. The Kier molecular flexibility index (Phi) is 7.83. The summed E-state index contributed by atoms with van der Waals surface area (Å²) < 4.78 is 0. The third-order valence-electron chi connectivity index (χ3n) is 3.81. The second kappa shape index (κ2) is 9.11. The van der Waals surface area contributed by atoms with Crippen LogP contribution in [0.15, 0.2) is 30.3 Å². The zero-order valence-electron chi connectivity index (χ0n) is 13.5. The van der Waals surface area contributed by atoms with Crippen LogP contribution in [0.4, 0.5) is 0 Å². The van der Waals surface area contributed by atoms with Gasteiger partial charge in [0.25, 0.3) is 0 Å². The minimum atomic E-state index is -0.252. The molecule has 1 amide bonds. The van der Waals surface area contributed by atoms with Crippen molar-refractivity contribution < 1.29 is 4.79 Å². The molecule has 0 saturated heterocycles. The molecule has 1 aromatic rings. The van der Waals surface area contributed by atoms with Gasteiger partial charge in [0.05, 0.1) is 11.3 Å². The topological polar surface area (TPSA) is 32.3 Å². The molecule has 21 heavy (non-hydrogen) atoms. The van der Waals surface area contributed by atoms with Gasteiger partial charge in [0, 0.05) is 6.54 Å². The number of hydrogen-bond acceptors (Lipinski definition) is 3. The molecule has 0 aromatic heterocycles. The summed E-state index contributed by atoms with van der Waals surface area (Å²) in [6.07, 6.45) is 0. The number of thiol groups is 1. The maximum absolute atomic E-state index is 12.1. The average Bonchev–Trinajstić information content (AvgIpc) is 2.51. The minimum Gasteiger partial charge on any atom is -0.353 e. The monoisotopic (exact) mass is 308 g/mol. The van der Waals surface area contributed by atoms with Crippen molar-refractivity contribution in [3.05, 3.63) is 35.9 Å². The van der Waals surface area contributed by atoms with Gasteiger partial charge in [-0.15, -0.1) is 0 Å². The molecule has 4 heteroatoms. The van der Waals surface area contributed by atoms with Gasteiger partial charge in [-0.25, -0.2) is 0 Å². The smallest absolute Gasteiger partial charge is 0.233 e. The summed E-state index contributed by atoms with van der Waals surface area (Å²) in [4.78, 5) is 14.5. The number of rotatable bonds is 8. The van der Waals surface area contributed by atoms with E-state index in [0.29, 0.717) is 6.54 Å². The van der Waals surface area contributed by atoms with Crippen LogP contribution < -0.4 is 5.32 Å². The first-order valence-electron chi connectivity index (χ1n) is 7.76. The van der Waals surface area contributed by atoms with Crippen LogP contribution in [0.25, 0.3) is 0 Å². The summed E-state index contributed by atoms with van der Waals surface area (Å²) in [5.41, 5.74) is 1.24. The predicted molar refractivity (Wildman–Crippen MR) is 92.7 cm³/mol. The quantitative estimate of drug-likeness (QED) is 0.723. The Balaban J connectivity index is 2.77. The number of nitrogens with zero attached hydrogens (tertiary/aromatic N) is 1. The van der Waals surface area contributed by atoms with Crippen molar-refractivity contribution in [2.45, 2.75) is 39.0 Å². The average molecular weight is 308 g/mol. The summed E-state index contributed by atoms with van der Waals surface area (Å²) in [5, 5.41) is 2.80. The van der Waals surface area contributed by atoms with Crippen molar-refractivity contribution in [2.75, 3.05) is 19.6 Å². The van der Waals surface area contributed by atoms with E-state index in [0.717, 1.165) is 13.1 Å². The van der Waals surface area contributed by atoms with Gasteiger partial charge in [0.1, 0.15) is 0 Å². The summed E-state index contributed by atoms with van der Waals surface area (Å²) in [7, 11) is 0. The van der Waals surface area contributed by atoms with E-state index in [9.17, 15) is 4.79 Å². The highest BCUT2D eigenvalue weighted by molar-refractivity contribution is 7.81. The summed E-state index contributed by atoms with van der Waals surface area (Å²) >= 11 is 4.38. The fourth-order valence-corrected chi connectivity index (χ4v) is 2.49. The van der Waals surface area contributed by atoms with Gasteiger partial charge in [0.2, 0.25) is 5.91 Å². The van der Waals surface area contributed by atoms with Crippen LogP contribution in [-0.2, 0) is 4.79 Å². The van der Waals surface area contributed by atoms with Gasteiger partial charge < -0.3 is 5.32 Å². The van der Waals surface area contributed by atoms with Gasteiger partial charge in [-0.05, 0) is 24.6 Å². The van der Waals surface area contributed by atoms with E-state index in [-0.39, 0.29) is 23.1 Å². The molecule has 0 aliphatic rings. The highest BCUT2D eigenvalue weighted by Crippen LogP contribution is 2.20. The lowest BCUT2D eigenvalue weighted by Gasteiger charge is -2.30. The number of benzene rings is 1. The molecule has 0 fully saturated rings. The van der Waals surface area contributed by atoms with E-state index in [1.807, 2.05) is 32.0 Å². The van der Waals surface area contributed by atoms with Crippen molar-refractivity contribution in [1.82, 2.24) is 10.2 Å². The lowest BCUT2D eigenvalue weighted by molar-refractivity contribution is -0.121. The minimum absolute atomic E-state index is 0.0152. The van der Waals surface area contributed by atoms with Crippen LogP contribution in [0.3, 0.4) is 0 Å². The number of nitrogens with one attached hydrogen (secondary N) is 1. The molecule has 1 rings (SSSR count). The van der Waals surface area contributed by atoms with E-state index in [1.165, 1.54) is 5.56 Å². The van der Waals surface area contributed by atoms with E-state index in [2.05, 4.69) is 48.8 Å². The van der Waals surface area contributed by atoms with Crippen molar-refractivity contribution in [1.29, 1.82) is 0 Å². The molecule has 1 aromatic carbocycles. The maximum atomic E-state index is 12.1. The molecule has 2 unspecified atom stereocenters. The highest BCUT2D eigenvalue weighted by atomic mass is 32.1. The largest absolute Gasteiger partial charge is 0.353 e. The van der Waals surface area contributed by atoms with Crippen molar-refractivity contribution in [3.63, 3.8) is 0 Å². The van der Waals surface area contributed by atoms with Crippen LogP contribution in [0.2, 0.25) is 0 Å². The second-order valence-electron chi connectivity index (χ2n) is 5.58. The third kappa shape index (κ3) is 5.36. The predicted octanol–water partition coefficient (Wildman–Crippen LogP) is 3.14. The molecule has 0 aliphatic heterocycles. The van der Waals surface area contributed by atoms with E-state index < -0.39 is 0 Å². The van der Waals surface area contributed by atoms with E-state index >= 15 is 0 Å². The lowest BCUT2D eigenvalue weighted by atomic mass is 10.0. The highest BCUT2D eigenvalue weighted by Gasteiger charge is 2.22. The fraction of sp³-hybridized carbons (Fsp3) is 0.588. The first-order chi connectivity index (χ1) is 10.0. The van der Waals surface area contributed by atoms with Crippen molar-refractivity contribution >= 4 is 18.5 Å². The van der Waals surface area contributed by atoms with Crippen molar-refractivity contribution in [2.24, 2.45) is 5.92 Å². The molecule has 2 atom stereocenters. The molecular weight excluding hydrogens is 280 g/mol. The Morgan fingerprint density at radius 2 is 1.76 bits per heavy atom. The lowest BCUT2D eigenvalue weighted by Crippen LogP contribution is -2.41. The number of likely N-dealkylation sites (N-methyl/N-ethyl adjacent to an activating group) is 1. The molecule has 118 valence electrons. The van der Waals surface area contributed by atoms with Gasteiger partial charge in [-0.3, -0.25) is 9.69 Å². The zero-order valence-corrected chi connectivity index (χ0v) is 14.4. The Bertz CT molecular complexity index is 418. The summed E-state index contributed by atoms with van der Waals surface area (Å²) in [6.45, 7) is 10.9. The van der Waals surface area contributed by atoms with E-state index in [4.69, 9.17) is 0 Å². The molecule has 0 saturated carbocycles. The third-order valence-corrected chi connectivity index (χ3v) is 4.64. The molecule has 3 nitrogen and oxygen atoms in total.